The number of morpholine rings is 1. The molecule has 1 fully saturated rings. The smallest absolute Gasteiger partial charge is 0.272 e. The first kappa shape index (κ1) is 21.2. The molecule has 0 saturated carbocycles. The zero-order valence-corrected chi connectivity index (χ0v) is 18.9. The van der Waals surface area contributed by atoms with Crippen LogP contribution >= 0.6 is 0 Å². The van der Waals surface area contributed by atoms with Gasteiger partial charge < -0.3 is 19.5 Å². The number of hydrogen-bond donors (Lipinski definition) is 1. The molecular weight excluding hydrogens is 386 g/mol. The first-order valence-electron chi connectivity index (χ1n) is 10.9. The third-order valence-corrected chi connectivity index (χ3v) is 6.01. The molecule has 0 radical (unpaired) electrons. The van der Waals surface area contributed by atoms with E-state index in [0.717, 1.165) is 47.0 Å². The molecule has 5 nitrogen and oxygen atoms in total. The van der Waals surface area contributed by atoms with Crippen LogP contribution in [0, 0.1) is 27.7 Å². The maximum Gasteiger partial charge on any atom is 0.272 e. The number of aromatic nitrogens is 1. The lowest BCUT2D eigenvalue weighted by Gasteiger charge is -2.29. The summed E-state index contributed by atoms with van der Waals surface area (Å²) in [5.74, 6) is -0.0715. The molecule has 2 aromatic carbocycles. The van der Waals surface area contributed by atoms with E-state index in [2.05, 4.69) is 59.8 Å². The number of amides is 1. The number of nitrogens with zero attached hydrogens (tertiary/aromatic N) is 2. The largest absolute Gasteiger partial charge is 0.378 e. The normalized spacial score (nSPS) is 14.0. The van der Waals surface area contributed by atoms with Gasteiger partial charge in [-0.2, -0.15) is 0 Å². The number of nitrogens with one attached hydrogen (secondary N) is 1. The van der Waals surface area contributed by atoms with Gasteiger partial charge in [-0.25, -0.2) is 0 Å². The number of anilines is 2. The van der Waals surface area contributed by atoms with Crippen molar-refractivity contribution in [1.29, 1.82) is 0 Å². The Labute approximate surface area is 184 Å². The first-order chi connectivity index (χ1) is 14.9. The molecule has 0 aliphatic carbocycles. The van der Waals surface area contributed by atoms with Crippen LogP contribution in [0.1, 0.15) is 38.4 Å². The van der Waals surface area contributed by atoms with Crippen molar-refractivity contribution in [3.63, 3.8) is 0 Å². The number of hydrogen-bond acceptors (Lipinski definition) is 3. The second kappa shape index (κ2) is 8.98. The van der Waals surface area contributed by atoms with Gasteiger partial charge in [0, 0.05) is 36.6 Å². The van der Waals surface area contributed by atoms with Gasteiger partial charge in [-0.1, -0.05) is 42.0 Å². The van der Waals surface area contributed by atoms with E-state index >= 15 is 0 Å². The highest BCUT2D eigenvalue weighted by Crippen LogP contribution is 2.33. The topological polar surface area (TPSA) is 46.5 Å². The second-order valence-electron chi connectivity index (χ2n) is 8.40. The summed E-state index contributed by atoms with van der Waals surface area (Å²) in [6.45, 7) is 12.1. The molecule has 1 amide bonds. The summed E-state index contributed by atoms with van der Waals surface area (Å²) in [5, 5.41) is 3.12. The average molecular weight is 418 g/mol. The Bertz CT molecular complexity index is 1080. The van der Waals surface area contributed by atoms with Crippen molar-refractivity contribution in [3.05, 3.63) is 82.2 Å². The zero-order valence-electron chi connectivity index (χ0n) is 18.9. The fraction of sp³-hybridized carbons (Fsp3) is 0.346. The van der Waals surface area contributed by atoms with Crippen LogP contribution in [-0.2, 0) is 11.3 Å². The molecule has 2 heterocycles. The van der Waals surface area contributed by atoms with Crippen LogP contribution in [0.5, 0.6) is 0 Å². The highest BCUT2D eigenvalue weighted by Gasteiger charge is 2.27. The average Bonchev–Trinajstić information content (AvgIpc) is 3.00. The van der Waals surface area contributed by atoms with Gasteiger partial charge in [-0.3, -0.25) is 4.79 Å². The molecule has 5 heteroatoms. The van der Waals surface area contributed by atoms with Gasteiger partial charge in [0.2, 0.25) is 0 Å². The Balaban J connectivity index is 1.75. The van der Waals surface area contributed by atoms with E-state index in [1.165, 1.54) is 11.1 Å². The number of benzene rings is 2. The molecule has 1 aliphatic heterocycles. The van der Waals surface area contributed by atoms with E-state index in [1.807, 2.05) is 31.2 Å². The van der Waals surface area contributed by atoms with Gasteiger partial charge in [0.15, 0.2) is 0 Å². The van der Waals surface area contributed by atoms with E-state index in [4.69, 9.17) is 4.74 Å². The van der Waals surface area contributed by atoms with Crippen molar-refractivity contribution < 1.29 is 9.53 Å². The Kier molecular flexibility index (Phi) is 6.14. The molecule has 1 aromatic heterocycles. The van der Waals surface area contributed by atoms with Crippen molar-refractivity contribution in [1.82, 2.24) is 4.57 Å². The molecule has 4 rings (SSSR count). The van der Waals surface area contributed by atoms with Gasteiger partial charge in [-0.05, 0) is 51.0 Å². The van der Waals surface area contributed by atoms with Crippen molar-refractivity contribution >= 4 is 17.3 Å². The first-order valence-corrected chi connectivity index (χ1v) is 10.9. The molecule has 0 atom stereocenters. The van der Waals surface area contributed by atoms with Crippen molar-refractivity contribution in [2.24, 2.45) is 0 Å². The lowest BCUT2D eigenvalue weighted by atomic mass is 10.1. The van der Waals surface area contributed by atoms with Crippen LogP contribution in [0.4, 0.5) is 11.4 Å². The maximum atomic E-state index is 13.5. The minimum Gasteiger partial charge on any atom is -0.378 e. The Morgan fingerprint density at radius 3 is 2.35 bits per heavy atom. The third-order valence-electron chi connectivity index (χ3n) is 6.01. The van der Waals surface area contributed by atoms with E-state index < -0.39 is 0 Å². The third kappa shape index (κ3) is 4.52. The van der Waals surface area contributed by atoms with Crippen molar-refractivity contribution in [2.75, 3.05) is 36.5 Å². The molecule has 0 spiro atoms. The van der Waals surface area contributed by atoms with Gasteiger partial charge in [0.1, 0.15) is 5.69 Å². The van der Waals surface area contributed by atoms with Crippen molar-refractivity contribution in [3.8, 4) is 0 Å². The van der Waals surface area contributed by atoms with E-state index in [0.29, 0.717) is 19.8 Å². The van der Waals surface area contributed by atoms with Gasteiger partial charge in [-0.15, -0.1) is 0 Å². The summed E-state index contributed by atoms with van der Waals surface area (Å²) in [5.41, 5.74) is 8.38. The molecule has 3 aromatic rings. The number of carbonyl (C=O) groups excluding carboxylic acids is 1. The summed E-state index contributed by atoms with van der Waals surface area (Å²) >= 11 is 0. The Morgan fingerprint density at radius 1 is 0.968 bits per heavy atom. The monoisotopic (exact) mass is 417 g/mol. The van der Waals surface area contributed by atoms with Crippen LogP contribution in [0.25, 0.3) is 0 Å². The van der Waals surface area contributed by atoms with E-state index in [-0.39, 0.29) is 5.91 Å². The summed E-state index contributed by atoms with van der Waals surface area (Å²) < 4.78 is 7.72. The molecule has 1 saturated heterocycles. The quantitative estimate of drug-likeness (QED) is 0.645. The van der Waals surface area contributed by atoms with Crippen LogP contribution in [-0.4, -0.2) is 36.8 Å². The highest BCUT2D eigenvalue weighted by molar-refractivity contribution is 6.05. The van der Waals surface area contributed by atoms with Gasteiger partial charge >= 0.3 is 0 Å². The summed E-state index contributed by atoms with van der Waals surface area (Å²) in [7, 11) is 0. The van der Waals surface area contributed by atoms with Crippen LogP contribution in [0.3, 0.4) is 0 Å². The second-order valence-corrected chi connectivity index (χ2v) is 8.40. The molecule has 0 unspecified atom stereocenters. The Morgan fingerprint density at radius 2 is 1.68 bits per heavy atom. The van der Waals surface area contributed by atoms with Crippen LogP contribution in [0.2, 0.25) is 0 Å². The fourth-order valence-corrected chi connectivity index (χ4v) is 4.41. The van der Waals surface area contributed by atoms with Gasteiger partial charge in [0.25, 0.3) is 5.91 Å². The standard InChI is InChI=1S/C26H31N3O2/c1-18-8-10-22(11-9-18)17-29-21(4)24(28-12-14-31-15-13-28)20(3)25(29)26(30)27-23-7-5-6-19(2)16-23/h5-11,16H,12-15,17H2,1-4H3,(H,27,30). The lowest BCUT2D eigenvalue weighted by molar-refractivity contribution is 0.101. The number of aryl methyl sites for hydroxylation is 2. The van der Waals surface area contributed by atoms with Crippen molar-refractivity contribution in [2.45, 2.75) is 34.2 Å². The molecule has 31 heavy (non-hydrogen) atoms. The summed E-state index contributed by atoms with van der Waals surface area (Å²) in [6, 6.07) is 16.4. The minimum absolute atomic E-state index is 0.0715. The molecule has 1 aliphatic rings. The number of rotatable bonds is 5. The predicted molar refractivity (Wildman–Crippen MR) is 126 cm³/mol. The summed E-state index contributed by atoms with van der Waals surface area (Å²) in [6.07, 6.45) is 0. The van der Waals surface area contributed by atoms with Crippen LogP contribution < -0.4 is 10.2 Å². The van der Waals surface area contributed by atoms with Crippen LogP contribution in [0.15, 0.2) is 48.5 Å². The number of carbonyl (C=O) groups is 1. The molecule has 0 bridgehead atoms. The molecular formula is C26H31N3O2. The maximum absolute atomic E-state index is 13.5. The van der Waals surface area contributed by atoms with E-state index in [9.17, 15) is 4.79 Å². The lowest BCUT2D eigenvalue weighted by Crippen LogP contribution is -2.36. The SMILES string of the molecule is Cc1ccc(Cn2c(C)c(N3CCOCC3)c(C)c2C(=O)Nc2cccc(C)c2)cc1. The Hall–Kier alpha value is -3.05. The highest BCUT2D eigenvalue weighted by atomic mass is 16.5. The molecule has 162 valence electrons. The van der Waals surface area contributed by atoms with E-state index in [1.54, 1.807) is 0 Å². The van der Waals surface area contributed by atoms with Gasteiger partial charge in [0.05, 0.1) is 18.9 Å². The predicted octanol–water partition coefficient (Wildman–Crippen LogP) is 4.86. The number of ether oxygens (including phenoxy) is 1. The molecule has 1 N–H and O–H groups in total. The zero-order chi connectivity index (χ0) is 22.0. The fourth-order valence-electron chi connectivity index (χ4n) is 4.41. The minimum atomic E-state index is -0.0715. The summed E-state index contributed by atoms with van der Waals surface area (Å²) in [4.78, 5) is 15.8.